The fourth-order valence-electron chi connectivity index (χ4n) is 3.12. The van der Waals surface area contributed by atoms with Crippen molar-refractivity contribution in [3.8, 4) is 5.75 Å². The first kappa shape index (κ1) is 11.1. The number of hydrogen-bond acceptors (Lipinski definition) is 2. The van der Waals surface area contributed by atoms with Crippen molar-refractivity contribution in [1.29, 1.82) is 0 Å². The second-order valence-electron chi connectivity index (χ2n) is 5.35. The molecule has 2 aliphatic rings. The molecule has 0 radical (unpaired) electrons. The Bertz CT molecular complexity index is 402. The Morgan fingerprint density at radius 3 is 2.76 bits per heavy atom. The molecule has 0 saturated heterocycles. The summed E-state index contributed by atoms with van der Waals surface area (Å²) in [6.45, 7) is 0. The van der Waals surface area contributed by atoms with Gasteiger partial charge in [0.05, 0.1) is 0 Å². The third kappa shape index (κ3) is 2.19. The van der Waals surface area contributed by atoms with Crippen LogP contribution < -0.4 is 10.5 Å². The van der Waals surface area contributed by atoms with Crippen LogP contribution in [0.25, 0.3) is 0 Å². The zero-order valence-electron chi connectivity index (χ0n) is 10.3. The molecule has 1 fully saturated rings. The Morgan fingerprint density at radius 2 is 1.94 bits per heavy atom. The van der Waals surface area contributed by atoms with Gasteiger partial charge in [-0.05, 0) is 62.1 Å². The summed E-state index contributed by atoms with van der Waals surface area (Å²) < 4.78 is 6.16. The van der Waals surface area contributed by atoms with Crippen LogP contribution in [0.15, 0.2) is 18.2 Å². The minimum Gasteiger partial charge on any atom is -0.489 e. The molecule has 2 nitrogen and oxygen atoms in total. The van der Waals surface area contributed by atoms with Crippen molar-refractivity contribution in [3.63, 3.8) is 0 Å². The number of nitrogens with two attached hydrogens (primary N) is 1. The van der Waals surface area contributed by atoms with Crippen molar-refractivity contribution in [1.82, 2.24) is 0 Å². The minimum atomic E-state index is 0.231. The molecule has 3 rings (SSSR count). The van der Waals surface area contributed by atoms with Gasteiger partial charge in [0.1, 0.15) is 11.9 Å². The van der Waals surface area contributed by atoms with Crippen molar-refractivity contribution in [3.05, 3.63) is 29.3 Å². The number of rotatable bonds is 2. The van der Waals surface area contributed by atoms with E-state index in [2.05, 4.69) is 18.2 Å². The average molecular weight is 231 g/mol. The van der Waals surface area contributed by atoms with E-state index in [4.69, 9.17) is 10.5 Å². The third-order valence-corrected chi connectivity index (χ3v) is 4.13. The first-order valence-electron chi connectivity index (χ1n) is 6.87. The van der Waals surface area contributed by atoms with Gasteiger partial charge < -0.3 is 10.5 Å². The molecular formula is C15H21NO. The molecule has 2 N–H and O–H groups in total. The lowest BCUT2D eigenvalue weighted by Crippen LogP contribution is -2.34. The molecule has 0 aliphatic heterocycles. The third-order valence-electron chi connectivity index (χ3n) is 4.13. The van der Waals surface area contributed by atoms with Gasteiger partial charge in [0.15, 0.2) is 0 Å². The number of aryl methyl sites for hydroxylation is 1. The molecule has 92 valence electrons. The quantitative estimate of drug-likeness (QED) is 0.849. The summed E-state index contributed by atoms with van der Waals surface area (Å²) in [5, 5.41) is 0. The highest BCUT2D eigenvalue weighted by Gasteiger charge is 2.26. The first-order chi connectivity index (χ1) is 8.34. The lowest BCUT2D eigenvalue weighted by Gasteiger charge is -2.23. The van der Waals surface area contributed by atoms with Crippen LogP contribution in [0, 0.1) is 0 Å². The predicted molar refractivity (Wildman–Crippen MR) is 69.3 cm³/mol. The van der Waals surface area contributed by atoms with Gasteiger partial charge in [-0.3, -0.25) is 0 Å². The number of ether oxygens (including phenoxy) is 1. The lowest BCUT2D eigenvalue weighted by atomic mass is 9.91. The fraction of sp³-hybridized carbons (Fsp3) is 0.600. The maximum absolute atomic E-state index is 6.16. The van der Waals surface area contributed by atoms with Crippen LogP contribution in [-0.4, -0.2) is 12.1 Å². The molecule has 2 aliphatic carbocycles. The standard InChI is InChI=1S/C15H21NO/c16-13-8-4-10-15(13)17-14-9-3-6-11-5-1-2-7-12(11)14/h3,6,9,13,15H,1-2,4-5,7-8,10,16H2. The van der Waals surface area contributed by atoms with Gasteiger partial charge >= 0.3 is 0 Å². The molecule has 2 unspecified atom stereocenters. The summed E-state index contributed by atoms with van der Waals surface area (Å²) in [5.41, 5.74) is 9.01. The van der Waals surface area contributed by atoms with E-state index in [0.717, 1.165) is 18.6 Å². The normalized spacial score (nSPS) is 27.8. The number of benzene rings is 1. The SMILES string of the molecule is NC1CCCC1Oc1cccc2c1CCCC2. The molecule has 17 heavy (non-hydrogen) atoms. The molecule has 0 amide bonds. The zero-order valence-corrected chi connectivity index (χ0v) is 10.3. The van der Waals surface area contributed by atoms with Crippen molar-refractivity contribution in [2.24, 2.45) is 5.73 Å². The molecule has 0 bridgehead atoms. The Hall–Kier alpha value is -1.02. The Balaban J connectivity index is 1.82. The molecule has 1 aromatic carbocycles. The van der Waals surface area contributed by atoms with Crippen LogP contribution in [0.4, 0.5) is 0 Å². The van der Waals surface area contributed by atoms with Gasteiger partial charge in [-0.15, -0.1) is 0 Å². The van der Waals surface area contributed by atoms with E-state index in [9.17, 15) is 0 Å². The summed E-state index contributed by atoms with van der Waals surface area (Å²) in [5.74, 6) is 1.10. The Kier molecular flexibility index (Phi) is 3.06. The van der Waals surface area contributed by atoms with Crippen molar-refractivity contribution >= 4 is 0 Å². The summed E-state index contributed by atoms with van der Waals surface area (Å²) >= 11 is 0. The van der Waals surface area contributed by atoms with Crippen LogP contribution >= 0.6 is 0 Å². The summed E-state index contributed by atoms with van der Waals surface area (Å²) in [6.07, 6.45) is 8.68. The summed E-state index contributed by atoms with van der Waals surface area (Å²) in [4.78, 5) is 0. The number of hydrogen-bond donors (Lipinski definition) is 1. The fourth-order valence-corrected chi connectivity index (χ4v) is 3.12. The summed E-state index contributed by atoms with van der Waals surface area (Å²) in [7, 11) is 0. The van der Waals surface area contributed by atoms with Gasteiger partial charge in [0.2, 0.25) is 0 Å². The van der Waals surface area contributed by atoms with Gasteiger partial charge in [0.25, 0.3) is 0 Å². The van der Waals surface area contributed by atoms with Crippen molar-refractivity contribution < 1.29 is 4.74 Å². The van der Waals surface area contributed by atoms with Gasteiger partial charge in [-0.1, -0.05) is 12.1 Å². The van der Waals surface area contributed by atoms with Gasteiger partial charge in [-0.2, -0.15) is 0 Å². The lowest BCUT2D eigenvalue weighted by molar-refractivity contribution is 0.189. The van der Waals surface area contributed by atoms with Crippen LogP contribution in [0.1, 0.15) is 43.2 Å². The van der Waals surface area contributed by atoms with Crippen LogP contribution in [0.3, 0.4) is 0 Å². The Morgan fingerprint density at radius 1 is 1.06 bits per heavy atom. The maximum atomic E-state index is 6.16. The van der Waals surface area contributed by atoms with E-state index < -0.39 is 0 Å². The molecule has 2 heteroatoms. The van der Waals surface area contributed by atoms with E-state index >= 15 is 0 Å². The maximum Gasteiger partial charge on any atom is 0.123 e. The average Bonchev–Trinajstić information content (AvgIpc) is 2.76. The van der Waals surface area contributed by atoms with E-state index in [-0.39, 0.29) is 12.1 Å². The molecule has 2 atom stereocenters. The predicted octanol–water partition coefficient (Wildman–Crippen LogP) is 2.82. The van der Waals surface area contributed by atoms with Crippen molar-refractivity contribution in [2.75, 3.05) is 0 Å². The highest BCUT2D eigenvalue weighted by atomic mass is 16.5. The van der Waals surface area contributed by atoms with Crippen LogP contribution in [0.5, 0.6) is 5.75 Å². The molecule has 1 aromatic rings. The van der Waals surface area contributed by atoms with Gasteiger partial charge in [0, 0.05) is 6.04 Å². The minimum absolute atomic E-state index is 0.231. The summed E-state index contributed by atoms with van der Waals surface area (Å²) in [6, 6.07) is 6.72. The van der Waals surface area contributed by atoms with Crippen molar-refractivity contribution in [2.45, 2.75) is 57.1 Å². The van der Waals surface area contributed by atoms with Crippen LogP contribution in [-0.2, 0) is 12.8 Å². The Labute approximate surface area is 103 Å². The molecular weight excluding hydrogens is 210 g/mol. The zero-order chi connectivity index (χ0) is 11.7. The second-order valence-corrected chi connectivity index (χ2v) is 5.35. The molecule has 0 spiro atoms. The second kappa shape index (κ2) is 4.69. The highest BCUT2D eigenvalue weighted by Crippen LogP contribution is 2.32. The highest BCUT2D eigenvalue weighted by molar-refractivity contribution is 5.41. The topological polar surface area (TPSA) is 35.2 Å². The van der Waals surface area contributed by atoms with E-state index in [1.807, 2.05) is 0 Å². The van der Waals surface area contributed by atoms with E-state index in [1.54, 1.807) is 0 Å². The van der Waals surface area contributed by atoms with Crippen LogP contribution in [0.2, 0.25) is 0 Å². The molecule has 1 saturated carbocycles. The molecule has 0 heterocycles. The first-order valence-corrected chi connectivity index (χ1v) is 6.87. The van der Waals surface area contributed by atoms with Gasteiger partial charge in [-0.25, -0.2) is 0 Å². The largest absolute Gasteiger partial charge is 0.489 e. The monoisotopic (exact) mass is 231 g/mol. The molecule has 0 aromatic heterocycles. The smallest absolute Gasteiger partial charge is 0.123 e. The van der Waals surface area contributed by atoms with E-state index in [0.29, 0.717) is 0 Å². The number of fused-ring (bicyclic) bond motifs is 1. The van der Waals surface area contributed by atoms with E-state index in [1.165, 1.54) is 43.2 Å².